The number of fused-ring (bicyclic) bond motifs is 1. The van der Waals surface area contributed by atoms with Crippen molar-refractivity contribution in [3.63, 3.8) is 0 Å². The molecule has 176 valence electrons. The van der Waals surface area contributed by atoms with Gasteiger partial charge in [-0.05, 0) is 39.8 Å². The van der Waals surface area contributed by atoms with Gasteiger partial charge in [0.15, 0.2) is 5.82 Å². The van der Waals surface area contributed by atoms with Crippen molar-refractivity contribution in [2.45, 2.75) is 45.9 Å². The molecule has 33 heavy (non-hydrogen) atoms. The third kappa shape index (κ3) is 4.88. The fraction of sp³-hybridized carbons (Fsp3) is 0.417. The summed E-state index contributed by atoms with van der Waals surface area (Å²) in [6, 6.07) is 7.64. The molecule has 4 rings (SSSR count). The number of nitrogens with two attached hydrogens (primary N) is 2. The lowest BCUT2D eigenvalue weighted by molar-refractivity contribution is 0.242. The van der Waals surface area contributed by atoms with E-state index >= 15 is 0 Å². The Bertz CT molecular complexity index is 1190. The van der Waals surface area contributed by atoms with E-state index in [2.05, 4.69) is 34.2 Å². The minimum absolute atomic E-state index is 0.0868. The number of hydrogen-bond acceptors (Lipinski definition) is 6. The molecular weight excluding hydrogens is 421 g/mol. The zero-order chi connectivity index (χ0) is 23.9. The summed E-state index contributed by atoms with van der Waals surface area (Å²) in [5.74, 6) is 0.269. The third-order valence-electron chi connectivity index (χ3n) is 5.57. The first kappa shape index (κ1) is 22.8. The molecule has 1 aromatic heterocycles. The zero-order valence-electron chi connectivity index (χ0n) is 19.8. The van der Waals surface area contributed by atoms with Crippen molar-refractivity contribution in [2.75, 3.05) is 23.7 Å². The van der Waals surface area contributed by atoms with Crippen LogP contribution in [0.3, 0.4) is 0 Å². The van der Waals surface area contributed by atoms with E-state index in [0.29, 0.717) is 45.7 Å². The first-order valence-electron chi connectivity index (χ1n) is 11.2. The summed E-state index contributed by atoms with van der Waals surface area (Å²) >= 11 is 0. The molecule has 5 N–H and O–H groups in total. The van der Waals surface area contributed by atoms with Gasteiger partial charge in [-0.2, -0.15) is 5.10 Å². The molecule has 1 fully saturated rings. The van der Waals surface area contributed by atoms with E-state index in [1.165, 1.54) is 6.07 Å². The number of piperazine rings is 1. The maximum atomic E-state index is 14.5. The van der Waals surface area contributed by atoms with Crippen LogP contribution < -0.4 is 26.4 Å². The lowest BCUT2D eigenvalue weighted by Crippen LogP contribution is -2.54. The quantitative estimate of drug-likeness (QED) is 0.311. The molecule has 0 aliphatic carbocycles. The average Bonchev–Trinajstić information content (AvgIpc) is 3.07. The third-order valence-corrected chi connectivity index (χ3v) is 5.57. The van der Waals surface area contributed by atoms with E-state index < -0.39 is 5.82 Å². The number of benzene rings is 2. The van der Waals surface area contributed by atoms with Crippen LogP contribution in [-0.2, 0) is 7.05 Å². The summed E-state index contributed by atoms with van der Waals surface area (Å²) in [6.07, 6.45) is 1.65. The highest BCUT2D eigenvalue weighted by molar-refractivity contribution is 6.06. The Balaban J connectivity index is 1.75. The fourth-order valence-electron chi connectivity index (χ4n) is 4.42. The van der Waals surface area contributed by atoms with Crippen LogP contribution >= 0.6 is 0 Å². The molecule has 0 radical (unpaired) electrons. The van der Waals surface area contributed by atoms with Crippen molar-refractivity contribution in [3.8, 4) is 5.75 Å². The molecule has 9 heteroatoms. The number of ether oxygens (including phenoxy) is 1. The summed E-state index contributed by atoms with van der Waals surface area (Å²) in [5.41, 5.74) is 15.5. The number of aromatic nitrogens is 2. The number of amidine groups is 1. The van der Waals surface area contributed by atoms with Crippen molar-refractivity contribution < 1.29 is 9.13 Å². The van der Waals surface area contributed by atoms with Crippen molar-refractivity contribution >= 4 is 33.8 Å². The van der Waals surface area contributed by atoms with E-state index in [1.807, 2.05) is 26.0 Å². The molecule has 2 aromatic carbocycles. The van der Waals surface area contributed by atoms with Gasteiger partial charge in [-0.1, -0.05) is 0 Å². The number of anilines is 2. The fourth-order valence-corrected chi connectivity index (χ4v) is 4.42. The number of aliphatic imine (C=N–C) groups is 1. The minimum Gasteiger partial charge on any atom is -0.490 e. The Hall–Kier alpha value is -3.33. The average molecular weight is 454 g/mol. The molecule has 2 atom stereocenters. The Labute approximate surface area is 193 Å². The van der Waals surface area contributed by atoms with E-state index in [0.717, 1.165) is 18.8 Å². The highest BCUT2D eigenvalue weighted by atomic mass is 19.1. The number of nitrogens with one attached hydrogen (secondary N) is 1. The normalized spacial score (nSPS) is 19.5. The standard InChI is InChI=1S/C24H32FN7O/c1-13(2)33-21-9-18(32-10-14(3)28-15(4)11-32)8-20(26)22(21)24(27)29-17-6-16-12-31(5)30-23(16)19(25)7-17/h6-9,12-15,28H,10-11,26H2,1-5H3,(H2,27,29). The topological polar surface area (TPSA) is 107 Å². The predicted octanol–water partition coefficient (Wildman–Crippen LogP) is 3.31. The number of hydrogen-bond donors (Lipinski definition) is 3. The lowest BCUT2D eigenvalue weighted by Gasteiger charge is -2.38. The van der Waals surface area contributed by atoms with Gasteiger partial charge in [-0.3, -0.25) is 4.68 Å². The van der Waals surface area contributed by atoms with E-state index in [1.54, 1.807) is 24.0 Å². The van der Waals surface area contributed by atoms with Crippen molar-refractivity contribution in [1.29, 1.82) is 0 Å². The van der Waals surface area contributed by atoms with Gasteiger partial charge in [0.05, 0.1) is 17.4 Å². The Morgan fingerprint density at radius 1 is 1.21 bits per heavy atom. The van der Waals surface area contributed by atoms with Crippen LogP contribution in [-0.4, -0.2) is 46.9 Å². The van der Waals surface area contributed by atoms with E-state index in [9.17, 15) is 4.39 Å². The predicted molar refractivity (Wildman–Crippen MR) is 132 cm³/mol. The summed E-state index contributed by atoms with van der Waals surface area (Å²) in [4.78, 5) is 6.77. The van der Waals surface area contributed by atoms with Crippen molar-refractivity contribution in [2.24, 2.45) is 17.8 Å². The molecular formula is C24H32FN7O. The Morgan fingerprint density at radius 3 is 2.58 bits per heavy atom. The zero-order valence-corrected chi connectivity index (χ0v) is 19.8. The van der Waals surface area contributed by atoms with Crippen LogP contribution in [0.15, 0.2) is 35.5 Å². The molecule has 0 bridgehead atoms. The molecule has 0 saturated carbocycles. The second-order valence-corrected chi connectivity index (χ2v) is 9.11. The Kier molecular flexibility index (Phi) is 6.16. The first-order chi connectivity index (χ1) is 15.6. The van der Waals surface area contributed by atoms with Gasteiger partial charge in [0.25, 0.3) is 0 Å². The van der Waals surface area contributed by atoms with Gasteiger partial charge in [0, 0.05) is 67.3 Å². The summed E-state index contributed by atoms with van der Waals surface area (Å²) < 4.78 is 22.2. The molecule has 0 amide bonds. The molecule has 1 saturated heterocycles. The summed E-state index contributed by atoms with van der Waals surface area (Å²) in [7, 11) is 1.74. The number of rotatable bonds is 5. The molecule has 1 aliphatic rings. The van der Waals surface area contributed by atoms with E-state index in [-0.39, 0.29) is 11.9 Å². The van der Waals surface area contributed by atoms with Crippen LogP contribution in [0, 0.1) is 5.82 Å². The van der Waals surface area contributed by atoms with Crippen LogP contribution in [0.25, 0.3) is 10.9 Å². The minimum atomic E-state index is -0.455. The number of aryl methyl sites for hydroxylation is 1. The highest BCUT2D eigenvalue weighted by Gasteiger charge is 2.24. The lowest BCUT2D eigenvalue weighted by atomic mass is 10.1. The second kappa shape index (κ2) is 8.90. The number of halogens is 1. The first-order valence-corrected chi connectivity index (χ1v) is 11.2. The SMILES string of the molecule is CC1CN(c2cc(N)c(C(N)=Nc3cc(F)c4nn(C)cc4c3)c(OC(C)C)c2)CC(C)N1. The molecule has 1 aliphatic heterocycles. The largest absolute Gasteiger partial charge is 0.490 e. The van der Waals surface area contributed by atoms with Crippen LogP contribution in [0.5, 0.6) is 5.75 Å². The van der Waals surface area contributed by atoms with Gasteiger partial charge < -0.3 is 26.4 Å². The summed E-state index contributed by atoms with van der Waals surface area (Å²) in [6.45, 7) is 9.93. The maximum Gasteiger partial charge on any atom is 0.153 e. The molecule has 8 nitrogen and oxygen atoms in total. The number of nitrogens with zero attached hydrogens (tertiary/aromatic N) is 4. The van der Waals surface area contributed by atoms with E-state index in [4.69, 9.17) is 16.2 Å². The second-order valence-electron chi connectivity index (χ2n) is 9.11. The monoisotopic (exact) mass is 453 g/mol. The van der Waals surface area contributed by atoms with Gasteiger partial charge in [0.1, 0.15) is 17.1 Å². The van der Waals surface area contributed by atoms with Crippen LogP contribution in [0.4, 0.5) is 21.5 Å². The summed E-state index contributed by atoms with van der Waals surface area (Å²) in [5, 5.41) is 8.31. The molecule has 2 heterocycles. The van der Waals surface area contributed by atoms with Crippen molar-refractivity contribution in [3.05, 3.63) is 41.8 Å². The van der Waals surface area contributed by atoms with Gasteiger partial charge in [0.2, 0.25) is 0 Å². The molecule has 2 unspecified atom stereocenters. The van der Waals surface area contributed by atoms with Crippen LogP contribution in [0.2, 0.25) is 0 Å². The van der Waals surface area contributed by atoms with Gasteiger partial charge in [-0.15, -0.1) is 0 Å². The maximum absolute atomic E-state index is 14.5. The van der Waals surface area contributed by atoms with Crippen molar-refractivity contribution in [1.82, 2.24) is 15.1 Å². The van der Waals surface area contributed by atoms with Gasteiger partial charge >= 0.3 is 0 Å². The number of nitrogen functional groups attached to an aromatic ring is 1. The highest BCUT2D eigenvalue weighted by Crippen LogP contribution is 2.34. The smallest absolute Gasteiger partial charge is 0.153 e. The van der Waals surface area contributed by atoms with Gasteiger partial charge in [-0.25, -0.2) is 9.38 Å². The Morgan fingerprint density at radius 2 is 1.91 bits per heavy atom. The van der Waals surface area contributed by atoms with Crippen LogP contribution in [0.1, 0.15) is 33.3 Å². The molecule has 0 spiro atoms. The molecule has 3 aromatic rings.